The molecule has 0 aromatic heterocycles. The van der Waals surface area contributed by atoms with Crippen molar-refractivity contribution in [1.82, 2.24) is 0 Å². The fourth-order valence-electron chi connectivity index (χ4n) is 1.77. The zero-order chi connectivity index (χ0) is 11.4. The highest BCUT2D eigenvalue weighted by molar-refractivity contribution is 5.68. The number of hydrogen-bond acceptors (Lipinski definition) is 2. The van der Waals surface area contributed by atoms with Gasteiger partial charge in [0.25, 0.3) is 0 Å². The van der Waals surface area contributed by atoms with E-state index in [0.29, 0.717) is 0 Å². The van der Waals surface area contributed by atoms with Gasteiger partial charge in [0.1, 0.15) is 0 Å². The second-order valence-corrected chi connectivity index (χ2v) is 3.92. The van der Waals surface area contributed by atoms with Crippen LogP contribution in [0.25, 0.3) is 0 Å². The van der Waals surface area contributed by atoms with E-state index in [9.17, 15) is 4.79 Å². The quantitative estimate of drug-likeness (QED) is 0.792. The molecule has 0 aliphatic carbocycles. The van der Waals surface area contributed by atoms with Crippen LogP contribution in [0.4, 0.5) is 0 Å². The molecule has 0 amide bonds. The fourth-order valence-corrected chi connectivity index (χ4v) is 1.77. The first-order valence-corrected chi connectivity index (χ1v) is 5.05. The van der Waals surface area contributed by atoms with Crippen LogP contribution < -0.4 is 5.73 Å². The van der Waals surface area contributed by atoms with Gasteiger partial charge < -0.3 is 10.8 Å². The lowest BCUT2D eigenvalue weighted by Gasteiger charge is -2.21. The smallest absolute Gasteiger partial charge is 0.304 e. The van der Waals surface area contributed by atoms with E-state index in [1.807, 2.05) is 38.1 Å². The number of hydrogen-bond donors (Lipinski definition) is 2. The van der Waals surface area contributed by atoms with Crippen molar-refractivity contribution >= 4 is 5.97 Å². The van der Waals surface area contributed by atoms with Gasteiger partial charge in [-0.05, 0) is 25.0 Å². The van der Waals surface area contributed by atoms with Gasteiger partial charge in [-0.1, -0.05) is 24.3 Å². The van der Waals surface area contributed by atoms with Crippen molar-refractivity contribution in [3.05, 3.63) is 35.4 Å². The van der Waals surface area contributed by atoms with E-state index in [1.54, 1.807) is 0 Å². The van der Waals surface area contributed by atoms with Crippen LogP contribution in [0.3, 0.4) is 0 Å². The van der Waals surface area contributed by atoms with Crippen molar-refractivity contribution in [3.63, 3.8) is 0 Å². The molecule has 1 aromatic carbocycles. The van der Waals surface area contributed by atoms with Crippen molar-refractivity contribution in [2.45, 2.75) is 32.2 Å². The van der Waals surface area contributed by atoms with Crippen LogP contribution in [0.2, 0.25) is 0 Å². The largest absolute Gasteiger partial charge is 0.481 e. The number of rotatable bonds is 4. The first kappa shape index (κ1) is 11.7. The van der Waals surface area contributed by atoms with E-state index >= 15 is 0 Å². The summed E-state index contributed by atoms with van der Waals surface area (Å²) in [7, 11) is 0. The lowest BCUT2D eigenvalue weighted by atomic mass is 9.87. The lowest BCUT2D eigenvalue weighted by molar-refractivity contribution is -0.137. The summed E-state index contributed by atoms with van der Waals surface area (Å²) >= 11 is 0. The third-order valence-corrected chi connectivity index (χ3v) is 2.62. The first-order valence-electron chi connectivity index (χ1n) is 5.05. The summed E-state index contributed by atoms with van der Waals surface area (Å²) in [5.41, 5.74) is 7.96. The van der Waals surface area contributed by atoms with Crippen molar-refractivity contribution in [2.75, 3.05) is 0 Å². The van der Waals surface area contributed by atoms with E-state index in [1.165, 1.54) is 0 Å². The molecule has 0 aliphatic rings. The predicted octanol–water partition coefficient (Wildman–Crippen LogP) is 1.90. The summed E-state index contributed by atoms with van der Waals surface area (Å²) in [6.45, 7) is 3.83. The van der Waals surface area contributed by atoms with E-state index in [0.717, 1.165) is 11.1 Å². The zero-order valence-electron chi connectivity index (χ0n) is 9.10. The van der Waals surface area contributed by atoms with Crippen LogP contribution in [0.5, 0.6) is 0 Å². The summed E-state index contributed by atoms with van der Waals surface area (Å²) in [6, 6.07) is 7.64. The number of carboxylic acid groups (broad SMARTS) is 1. The molecule has 0 fully saturated rings. The maximum atomic E-state index is 10.7. The van der Waals surface area contributed by atoms with Gasteiger partial charge in [-0.2, -0.15) is 0 Å². The Labute approximate surface area is 89.9 Å². The second-order valence-electron chi connectivity index (χ2n) is 3.92. The number of carbonyl (C=O) groups is 1. The van der Waals surface area contributed by atoms with Gasteiger partial charge in [0.15, 0.2) is 0 Å². The van der Waals surface area contributed by atoms with Gasteiger partial charge in [0, 0.05) is 12.0 Å². The van der Waals surface area contributed by atoms with E-state index in [2.05, 4.69) is 0 Å². The Bertz CT molecular complexity index is 347. The Balaban J connectivity index is 2.99. The Morgan fingerprint density at radius 1 is 1.47 bits per heavy atom. The number of nitrogens with two attached hydrogens (primary N) is 1. The highest BCUT2D eigenvalue weighted by atomic mass is 16.4. The fraction of sp³-hybridized carbons (Fsp3) is 0.417. The van der Waals surface area contributed by atoms with E-state index < -0.39 is 5.97 Å². The van der Waals surface area contributed by atoms with Crippen molar-refractivity contribution in [3.8, 4) is 0 Å². The van der Waals surface area contributed by atoms with Gasteiger partial charge >= 0.3 is 5.97 Å². The zero-order valence-corrected chi connectivity index (χ0v) is 9.10. The SMILES string of the molecule is Cc1ccccc1C(CC(=O)O)C(C)N. The molecular formula is C12H17NO2. The van der Waals surface area contributed by atoms with Gasteiger partial charge in [0.2, 0.25) is 0 Å². The standard InChI is InChI=1S/C12H17NO2/c1-8-5-3-4-6-10(8)11(9(2)13)7-12(14)15/h3-6,9,11H,7,13H2,1-2H3,(H,14,15). The maximum absolute atomic E-state index is 10.7. The van der Waals surface area contributed by atoms with Crippen molar-refractivity contribution in [1.29, 1.82) is 0 Å². The van der Waals surface area contributed by atoms with Gasteiger partial charge in [0.05, 0.1) is 6.42 Å². The summed E-state index contributed by atoms with van der Waals surface area (Å²) in [5.74, 6) is -0.913. The Morgan fingerprint density at radius 2 is 2.07 bits per heavy atom. The van der Waals surface area contributed by atoms with Crippen LogP contribution in [-0.2, 0) is 4.79 Å². The van der Waals surface area contributed by atoms with E-state index in [-0.39, 0.29) is 18.4 Å². The summed E-state index contributed by atoms with van der Waals surface area (Å²) in [5, 5.41) is 8.83. The van der Waals surface area contributed by atoms with Crippen LogP contribution in [0, 0.1) is 6.92 Å². The third-order valence-electron chi connectivity index (χ3n) is 2.62. The molecule has 2 atom stereocenters. The molecule has 2 unspecified atom stereocenters. The molecule has 3 nitrogen and oxygen atoms in total. The molecule has 0 heterocycles. The number of aryl methyl sites for hydroxylation is 1. The molecule has 0 radical (unpaired) electrons. The molecule has 82 valence electrons. The van der Waals surface area contributed by atoms with Crippen LogP contribution in [0.1, 0.15) is 30.4 Å². The lowest BCUT2D eigenvalue weighted by Crippen LogP contribution is -2.27. The Hall–Kier alpha value is -1.35. The van der Waals surface area contributed by atoms with Crippen LogP contribution in [-0.4, -0.2) is 17.1 Å². The average molecular weight is 207 g/mol. The Kier molecular flexibility index (Phi) is 3.86. The molecule has 15 heavy (non-hydrogen) atoms. The normalized spacial score (nSPS) is 14.6. The number of carboxylic acids is 1. The van der Waals surface area contributed by atoms with Gasteiger partial charge in [-0.25, -0.2) is 0 Å². The highest BCUT2D eigenvalue weighted by Crippen LogP contribution is 2.25. The first-order chi connectivity index (χ1) is 7.02. The molecule has 0 spiro atoms. The second kappa shape index (κ2) is 4.94. The van der Waals surface area contributed by atoms with E-state index in [4.69, 9.17) is 10.8 Å². The summed E-state index contributed by atoms with van der Waals surface area (Å²) < 4.78 is 0. The molecule has 0 aliphatic heterocycles. The third kappa shape index (κ3) is 3.06. The van der Waals surface area contributed by atoms with Crippen molar-refractivity contribution in [2.24, 2.45) is 5.73 Å². The summed E-state index contributed by atoms with van der Waals surface area (Å²) in [6.07, 6.45) is 0.0858. The molecular weight excluding hydrogens is 190 g/mol. The minimum Gasteiger partial charge on any atom is -0.481 e. The molecule has 1 rings (SSSR count). The minimum atomic E-state index is -0.805. The molecule has 0 saturated carbocycles. The van der Waals surface area contributed by atoms with Gasteiger partial charge in [-0.15, -0.1) is 0 Å². The number of benzene rings is 1. The number of aliphatic carboxylic acids is 1. The molecule has 3 N–H and O–H groups in total. The topological polar surface area (TPSA) is 63.3 Å². The predicted molar refractivity (Wildman–Crippen MR) is 59.8 cm³/mol. The Morgan fingerprint density at radius 3 is 2.53 bits per heavy atom. The van der Waals surface area contributed by atoms with Crippen molar-refractivity contribution < 1.29 is 9.90 Å². The monoisotopic (exact) mass is 207 g/mol. The minimum absolute atomic E-state index is 0.0858. The van der Waals surface area contributed by atoms with Gasteiger partial charge in [-0.3, -0.25) is 4.79 Å². The molecule has 1 aromatic rings. The van der Waals surface area contributed by atoms with Crippen LogP contribution >= 0.6 is 0 Å². The highest BCUT2D eigenvalue weighted by Gasteiger charge is 2.20. The van der Waals surface area contributed by atoms with Crippen LogP contribution in [0.15, 0.2) is 24.3 Å². The maximum Gasteiger partial charge on any atom is 0.304 e. The molecule has 0 saturated heterocycles. The molecule has 3 heteroatoms. The summed E-state index contributed by atoms with van der Waals surface area (Å²) in [4.78, 5) is 10.7. The average Bonchev–Trinajstić information content (AvgIpc) is 2.15. The molecule has 0 bridgehead atoms.